The molecule has 2 amide bonds. The van der Waals surface area contributed by atoms with Crippen LogP contribution in [0, 0.1) is 5.92 Å². The molecule has 1 aliphatic rings. The van der Waals surface area contributed by atoms with Crippen molar-refractivity contribution in [2.45, 2.75) is 38.6 Å². The summed E-state index contributed by atoms with van der Waals surface area (Å²) in [6.45, 7) is 2.25. The number of nitrogens with zero attached hydrogens (tertiary/aromatic N) is 1. The Balaban J connectivity index is 1.80. The molecule has 116 valence electrons. The minimum atomic E-state index is -0.375. The summed E-state index contributed by atoms with van der Waals surface area (Å²) in [6, 6.07) is 3.51. The van der Waals surface area contributed by atoms with Crippen LogP contribution in [0.5, 0.6) is 0 Å². The van der Waals surface area contributed by atoms with E-state index in [9.17, 15) is 9.59 Å². The SMILES string of the molecule is CC1CCC(N(C)C(=O)CNC(=O)c2ccc(Br)o2)CC1. The summed E-state index contributed by atoms with van der Waals surface area (Å²) in [5.74, 6) is 0.513. The maximum absolute atomic E-state index is 12.1. The molecule has 0 aliphatic heterocycles. The maximum Gasteiger partial charge on any atom is 0.287 e. The van der Waals surface area contributed by atoms with Crippen molar-refractivity contribution in [3.05, 3.63) is 22.6 Å². The molecular formula is C15H21BrN2O3. The lowest BCUT2D eigenvalue weighted by atomic mass is 9.87. The van der Waals surface area contributed by atoms with E-state index in [1.807, 2.05) is 7.05 Å². The Morgan fingerprint density at radius 1 is 1.33 bits per heavy atom. The third-order valence-corrected chi connectivity index (χ3v) is 4.55. The van der Waals surface area contributed by atoms with Crippen LogP contribution in [0.2, 0.25) is 0 Å². The van der Waals surface area contributed by atoms with Gasteiger partial charge in [0.15, 0.2) is 10.4 Å². The first-order valence-corrected chi connectivity index (χ1v) is 8.06. The summed E-state index contributed by atoms with van der Waals surface area (Å²) in [5.41, 5.74) is 0. The highest BCUT2D eigenvalue weighted by molar-refractivity contribution is 9.10. The van der Waals surface area contributed by atoms with Crippen LogP contribution in [0.1, 0.15) is 43.2 Å². The van der Waals surface area contributed by atoms with Gasteiger partial charge in [-0.1, -0.05) is 6.92 Å². The summed E-state index contributed by atoms with van der Waals surface area (Å²) in [5, 5.41) is 2.60. The van der Waals surface area contributed by atoms with Crippen molar-refractivity contribution in [3.8, 4) is 0 Å². The lowest BCUT2D eigenvalue weighted by Crippen LogP contribution is -2.44. The Bertz CT molecular complexity index is 507. The maximum atomic E-state index is 12.1. The van der Waals surface area contributed by atoms with E-state index in [4.69, 9.17) is 4.42 Å². The number of furan rings is 1. The van der Waals surface area contributed by atoms with Crippen LogP contribution in [0.4, 0.5) is 0 Å². The van der Waals surface area contributed by atoms with E-state index in [2.05, 4.69) is 28.2 Å². The first-order chi connectivity index (χ1) is 9.97. The number of hydrogen-bond acceptors (Lipinski definition) is 3. The molecule has 0 unspecified atom stereocenters. The standard InChI is InChI=1S/C15H21BrN2O3/c1-10-3-5-11(6-4-10)18(2)14(19)9-17-15(20)12-7-8-13(16)21-12/h7-8,10-11H,3-6,9H2,1-2H3,(H,17,20). The molecular weight excluding hydrogens is 336 g/mol. The monoisotopic (exact) mass is 356 g/mol. The van der Waals surface area contributed by atoms with E-state index >= 15 is 0 Å². The van der Waals surface area contributed by atoms with Gasteiger partial charge >= 0.3 is 0 Å². The highest BCUT2D eigenvalue weighted by atomic mass is 79.9. The van der Waals surface area contributed by atoms with Crippen LogP contribution in [-0.2, 0) is 4.79 Å². The van der Waals surface area contributed by atoms with Crippen molar-refractivity contribution in [2.24, 2.45) is 5.92 Å². The molecule has 0 saturated heterocycles. The zero-order valence-electron chi connectivity index (χ0n) is 12.4. The second-order valence-electron chi connectivity index (χ2n) is 5.70. The van der Waals surface area contributed by atoms with Crippen molar-refractivity contribution in [2.75, 3.05) is 13.6 Å². The van der Waals surface area contributed by atoms with Gasteiger partial charge in [0.05, 0.1) is 6.54 Å². The zero-order chi connectivity index (χ0) is 15.4. The second-order valence-corrected chi connectivity index (χ2v) is 6.49. The quantitative estimate of drug-likeness (QED) is 0.901. The molecule has 1 heterocycles. The molecule has 1 fully saturated rings. The average Bonchev–Trinajstić information content (AvgIpc) is 2.91. The average molecular weight is 357 g/mol. The molecule has 5 nitrogen and oxygen atoms in total. The molecule has 21 heavy (non-hydrogen) atoms. The van der Waals surface area contributed by atoms with Crippen molar-refractivity contribution in [1.82, 2.24) is 10.2 Å². The Morgan fingerprint density at radius 3 is 2.57 bits per heavy atom. The smallest absolute Gasteiger partial charge is 0.287 e. The first kappa shape index (κ1) is 16.1. The Kier molecular flexibility index (Phi) is 5.45. The zero-order valence-corrected chi connectivity index (χ0v) is 14.0. The Morgan fingerprint density at radius 2 is 2.00 bits per heavy atom. The van der Waals surface area contributed by atoms with Crippen LogP contribution in [-0.4, -0.2) is 36.3 Å². The van der Waals surface area contributed by atoms with E-state index < -0.39 is 0 Å². The van der Waals surface area contributed by atoms with E-state index in [0.717, 1.165) is 31.6 Å². The number of hydrogen-bond donors (Lipinski definition) is 1. The third-order valence-electron chi connectivity index (χ3n) is 4.12. The second kappa shape index (κ2) is 7.11. The molecule has 6 heteroatoms. The van der Waals surface area contributed by atoms with Gasteiger partial charge in [-0.3, -0.25) is 9.59 Å². The van der Waals surface area contributed by atoms with Gasteiger partial charge in [0.2, 0.25) is 5.91 Å². The number of nitrogens with one attached hydrogen (secondary N) is 1. The number of carbonyl (C=O) groups excluding carboxylic acids is 2. The van der Waals surface area contributed by atoms with Gasteiger partial charge in [-0.05, 0) is 59.7 Å². The summed E-state index contributed by atoms with van der Waals surface area (Å²) in [4.78, 5) is 25.7. The molecule has 1 aromatic rings. The molecule has 1 aliphatic carbocycles. The van der Waals surface area contributed by atoms with E-state index in [1.165, 1.54) is 0 Å². The molecule has 0 atom stereocenters. The fourth-order valence-corrected chi connectivity index (χ4v) is 2.94. The molecule has 0 bridgehead atoms. The van der Waals surface area contributed by atoms with E-state index in [-0.39, 0.29) is 24.1 Å². The predicted octanol–water partition coefficient (Wildman–Crippen LogP) is 2.81. The molecule has 2 rings (SSSR count). The van der Waals surface area contributed by atoms with Crippen LogP contribution in [0.25, 0.3) is 0 Å². The van der Waals surface area contributed by atoms with Crippen LogP contribution in [0.15, 0.2) is 21.2 Å². The van der Waals surface area contributed by atoms with Crippen molar-refractivity contribution in [3.63, 3.8) is 0 Å². The number of carbonyl (C=O) groups is 2. The van der Waals surface area contributed by atoms with Gasteiger partial charge in [0.1, 0.15) is 0 Å². The molecule has 1 aromatic heterocycles. The fourth-order valence-electron chi connectivity index (χ4n) is 2.64. The highest BCUT2D eigenvalue weighted by Crippen LogP contribution is 2.26. The number of amides is 2. The lowest BCUT2D eigenvalue weighted by Gasteiger charge is -2.33. The van der Waals surface area contributed by atoms with Gasteiger partial charge in [-0.15, -0.1) is 0 Å². The Labute approximate surface area is 133 Å². The summed E-state index contributed by atoms with van der Waals surface area (Å²) < 4.78 is 5.64. The lowest BCUT2D eigenvalue weighted by molar-refractivity contribution is -0.131. The number of rotatable bonds is 4. The number of halogens is 1. The van der Waals surface area contributed by atoms with Gasteiger partial charge < -0.3 is 14.6 Å². The predicted molar refractivity (Wildman–Crippen MR) is 82.9 cm³/mol. The van der Waals surface area contributed by atoms with Crippen molar-refractivity contribution < 1.29 is 14.0 Å². The molecule has 0 aromatic carbocycles. The largest absolute Gasteiger partial charge is 0.444 e. The first-order valence-electron chi connectivity index (χ1n) is 7.26. The Hall–Kier alpha value is -1.30. The summed E-state index contributed by atoms with van der Waals surface area (Å²) in [7, 11) is 1.82. The van der Waals surface area contributed by atoms with Crippen LogP contribution in [0.3, 0.4) is 0 Å². The molecule has 0 radical (unpaired) electrons. The molecule has 1 N–H and O–H groups in total. The van der Waals surface area contributed by atoms with Gasteiger partial charge in [0.25, 0.3) is 5.91 Å². The minimum absolute atomic E-state index is 0.000292. The fraction of sp³-hybridized carbons (Fsp3) is 0.600. The van der Waals surface area contributed by atoms with Gasteiger partial charge in [0, 0.05) is 13.1 Å². The minimum Gasteiger partial charge on any atom is -0.444 e. The molecule has 1 saturated carbocycles. The highest BCUT2D eigenvalue weighted by Gasteiger charge is 2.25. The van der Waals surface area contributed by atoms with E-state index in [0.29, 0.717) is 10.7 Å². The summed E-state index contributed by atoms with van der Waals surface area (Å²) in [6.07, 6.45) is 4.41. The van der Waals surface area contributed by atoms with Crippen molar-refractivity contribution >= 4 is 27.7 Å². The van der Waals surface area contributed by atoms with Crippen molar-refractivity contribution in [1.29, 1.82) is 0 Å². The van der Waals surface area contributed by atoms with Gasteiger partial charge in [-0.2, -0.15) is 0 Å². The van der Waals surface area contributed by atoms with Crippen LogP contribution < -0.4 is 5.32 Å². The number of likely N-dealkylation sites (N-methyl/N-ethyl adjacent to an activating group) is 1. The topological polar surface area (TPSA) is 62.6 Å². The van der Waals surface area contributed by atoms with Crippen LogP contribution >= 0.6 is 15.9 Å². The normalized spacial score (nSPS) is 21.9. The third kappa shape index (κ3) is 4.33. The summed E-state index contributed by atoms with van der Waals surface area (Å²) >= 11 is 3.14. The van der Waals surface area contributed by atoms with Gasteiger partial charge in [-0.25, -0.2) is 0 Å². The van der Waals surface area contributed by atoms with E-state index in [1.54, 1.807) is 17.0 Å². The molecule has 0 spiro atoms.